The molecule has 23 heavy (non-hydrogen) atoms. The van der Waals surface area contributed by atoms with Crippen molar-refractivity contribution in [1.82, 2.24) is 0 Å². The molecule has 2 aliphatic rings. The number of hydrogen-bond donors (Lipinski definition) is 8. The molecule has 0 aromatic heterocycles. The maximum atomic E-state index is 10.1. The van der Waals surface area contributed by atoms with Gasteiger partial charge in [0.2, 0.25) is 0 Å². The number of aliphatic hydroxyl groups is 6. The van der Waals surface area contributed by atoms with Crippen LogP contribution in [0.4, 0.5) is 0 Å². The van der Waals surface area contributed by atoms with Crippen LogP contribution in [0, 0.1) is 0 Å². The molecule has 0 bridgehead atoms. The van der Waals surface area contributed by atoms with Gasteiger partial charge >= 0.3 is 0 Å². The van der Waals surface area contributed by atoms with Gasteiger partial charge in [0.05, 0.1) is 25.3 Å². The van der Waals surface area contributed by atoms with Crippen LogP contribution in [0.3, 0.4) is 0 Å². The summed E-state index contributed by atoms with van der Waals surface area (Å²) in [6, 6.07) is -2.37. The van der Waals surface area contributed by atoms with Gasteiger partial charge in [-0.2, -0.15) is 0 Å². The van der Waals surface area contributed by atoms with Gasteiger partial charge in [0, 0.05) is 0 Å². The van der Waals surface area contributed by atoms with Crippen LogP contribution in [-0.4, -0.2) is 105 Å². The summed E-state index contributed by atoms with van der Waals surface area (Å²) in [4.78, 5) is 0. The van der Waals surface area contributed by atoms with Crippen molar-refractivity contribution in [3.8, 4) is 0 Å². The summed E-state index contributed by atoms with van der Waals surface area (Å²) in [6.07, 6.45) is -10.5. The van der Waals surface area contributed by atoms with Crippen LogP contribution in [-0.2, 0) is 14.2 Å². The van der Waals surface area contributed by atoms with Crippen LogP contribution in [0.25, 0.3) is 0 Å². The Balaban J connectivity index is 2.11. The lowest BCUT2D eigenvalue weighted by Crippen LogP contribution is -2.67. The fraction of sp³-hybridized carbons (Fsp3) is 1.00. The maximum Gasteiger partial charge on any atom is 0.176 e. The van der Waals surface area contributed by atoms with Crippen LogP contribution in [0.5, 0.6) is 0 Å². The molecule has 0 amide bonds. The van der Waals surface area contributed by atoms with E-state index in [-0.39, 0.29) is 0 Å². The first kappa shape index (κ1) is 18.9. The SMILES string of the molecule is NC1[C@H](O[C@@H]2C(CO)O[C@@H](O)C(N)[C@H]2O)OC(CO)[C@@H](O)[C@@H]1O. The molecule has 2 heterocycles. The van der Waals surface area contributed by atoms with Crippen LogP contribution >= 0.6 is 0 Å². The third kappa shape index (κ3) is 3.65. The largest absolute Gasteiger partial charge is 0.394 e. The van der Waals surface area contributed by atoms with Crippen molar-refractivity contribution in [2.75, 3.05) is 13.2 Å². The molecule has 2 rings (SSSR count). The molecule has 0 radical (unpaired) electrons. The predicted octanol–water partition coefficient (Wildman–Crippen LogP) is -5.46. The van der Waals surface area contributed by atoms with Crippen molar-refractivity contribution < 1.29 is 44.8 Å². The number of nitrogens with two attached hydrogens (primary N) is 2. The van der Waals surface area contributed by atoms with Crippen LogP contribution in [0.15, 0.2) is 0 Å². The smallest absolute Gasteiger partial charge is 0.176 e. The van der Waals surface area contributed by atoms with Crippen LogP contribution in [0.2, 0.25) is 0 Å². The molecule has 0 aromatic carbocycles. The lowest BCUT2D eigenvalue weighted by molar-refractivity contribution is -0.324. The van der Waals surface area contributed by atoms with Crippen molar-refractivity contribution in [2.24, 2.45) is 11.5 Å². The second-order valence-corrected chi connectivity index (χ2v) is 5.70. The summed E-state index contributed by atoms with van der Waals surface area (Å²) in [7, 11) is 0. The molecule has 0 spiro atoms. The second-order valence-electron chi connectivity index (χ2n) is 5.70. The Labute approximate surface area is 132 Å². The molecule has 11 heteroatoms. The van der Waals surface area contributed by atoms with E-state index in [2.05, 4.69) is 0 Å². The highest BCUT2D eigenvalue weighted by Gasteiger charge is 2.49. The zero-order valence-electron chi connectivity index (χ0n) is 12.3. The highest BCUT2D eigenvalue weighted by atomic mass is 16.7. The van der Waals surface area contributed by atoms with E-state index in [1.807, 2.05) is 0 Å². The first-order valence-electron chi connectivity index (χ1n) is 7.23. The van der Waals surface area contributed by atoms with E-state index in [4.69, 9.17) is 30.8 Å². The third-order valence-electron chi connectivity index (χ3n) is 4.14. The van der Waals surface area contributed by atoms with Gasteiger partial charge in [0.1, 0.15) is 36.6 Å². The van der Waals surface area contributed by atoms with Gasteiger partial charge in [0.15, 0.2) is 12.6 Å². The molecule has 10 atom stereocenters. The highest BCUT2D eigenvalue weighted by Crippen LogP contribution is 2.27. The molecule has 0 aliphatic carbocycles. The second kappa shape index (κ2) is 7.63. The van der Waals surface area contributed by atoms with E-state index in [1.165, 1.54) is 0 Å². The van der Waals surface area contributed by atoms with Gasteiger partial charge in [-0.25, -0.2) is 0 Å². The molecular formula is C12H24N2O9. The number of rotatable bonds is 4. The van der Waals surface area contributed by atoms with Gasteiger partial charge in [0.25, 0.3) is 0 Å². The summed E-state index contributed by atoms with van der Waals surface area (Å²) in [5.41, 5.74) is 11.3. The zero-order valence-corrected chi connectivity index (χ0v) is 12.3. The fourth-order valence-corrected chi connectivity index (χ4v) is 2.65. The van der Waals surface area contributed by atoms with E-state index in [0.29, 0.717) is 0 Å². The first-order chi connectivity index (χ1) is 10.8. The Morgan fingerprint density at radius 3 is 1.96 bits per heavy atom. The number of aliphatic hydroxyl groups excluding tert-OH is 6. The Kier molecular flexibility index (Phi) is 6.27. The van der Waals surface area contributed by atoms with Gasteiger partial charge in [-0.15, -0.1) is 0 Å². The van der Waals surface area contributed by atoms with E-state index in [0.717, 1.165) is 0 Å². The number of ether oxygens (including phenoxy) is 3. The van der Waals surface area contributed by atoms with Crippen molar-refractivity contribution in [2.45, 2.75) is 61.3 Å². The monoisotopic (exact) mass is 340 g/mol. The lowest BCUT2D eigenvalue weighted by atomic mass is 9.95. The van der Waals surface area contributed by atoms with Crippen molar-refractivity contribution in [1.29, 1.82) is 0 Å². The fourth-order valence-electron chi connectivity index (χ4n) is 2.65. The average molecular weight is 340 g/mol. The Hall–Kier alpha value is -0.440. The standard InChI is InChI=1S/C12H24N2O9/c13-5-9(19)10(4(2-16)21-11(5)20)23-12-6(14)8(18)7(17)3(1-15)22-12/h3-12,15-20H,1-2,13-14H2/t3?,4?,5?,6?,7-,8-,9-,10-,11-,12+/m1/s1. The molecule has 4 unspecified atom stereocenters. The lowest BCUT2D eigenvalue weighted by Gasteiger charge is -2.45. The van der Waals surface area contributed by atoms with Gasteiger partial charge in [-0.3, -0.25) is 0 Å². The van der Waals surface area contributed by atoms with E-state index in [1.54, 1.807) is 0 Å². The van der Waals surface area contributed by atoms with E-state index in [9.17, 15) is 25.5 Å². The summed E-state index contributed by atoms with van der Waals surface area (Å²) >= 11 is 0. The van der Waals surface area contributed by atoms with Crippen LogP contribution < -0.4 is 11.5 Å². The Morgan fingerprint density at radius 2 is 1.39 bits per heavy atom. The summed E-state index contributed by atoms with van der Waals surface area (Å²) in [6.45, 7) is -1.17. The first-order valence-corrected chi connectivity index (χ1v) is 7.23. The molecule has 2 fully saturated rings. The molecule has 136 valence electrons. The Bertz CT molecular complexity index is 386. The molecule has 0 saturated carbocycles. The molecular weight excluding hydrogens is 316 g/mol. The van der Waals surface area contributed by atoms with Crippen LogP contribution in [0.1, 0.15) is 0 Å². The Morgan fingerprint density at radius 1 is 0.783 bits per heavy atom. The van der Waals surface area contributed by atoms with Gasteiger partial charge < -0.3 is 56.3 Å². The molecule has 11 nitrogen and oxygen atoms in total. The van der Waals surface area contributed by atoms with Crippen molar-refractivity contribution in [3.63, 3.8) is 0 Å². The summed E-state index contributed by atoms with van der Waals surface area (Å²) in [5.74, 6) is 0. The van der Waals surface area contributed by atoms with E-state index < -0.39 is 74.5 Å². The molecule has 0 aromatic rings. The molecule has 2 aliphatic heterocycles. The van der Waals surface area contributed by atoms with Gasteiger partial charge in [-0.1, -0.05) is 0 Å². The van der Waals surface area contributed by atoms with Gasteiger partial charge in [-0.05, 0) is 0 Å². The van der Waals surface area contributed by atoms with Crippen molar-refractivity contribution >= 4 is 0 Å². The maximum absolute atomic E-state index is 10.1. The average Bonchev–Trinajstić information content (AvgIpc) is 2.55. The minimum absolute atomic E-state index is 0.581. The molecule has 10 N–H and O–H groups in total. The minimum Gasteiger partial charge on any atom is -0.394 e. The quantitative estimate of drug-likeness (QED) is 0.242. The third-order valence-corrected chi connectivity index (χ3v) is 4.14. The summed E-state index contributed by atoms with van der Waals surface area (Å²) in [5, 5.41) is 57.7. The normalized spacial score (nSPS) is 51.7. The highest BCUT2D eigenvalue weighted by molar-refractivity contribution is 4.95. The zero-order chi connectivity index (χ0) is 17.3. The summed E-state index contributed by atoms with van der Waals surface area (Å²) < 4.78 is 15.8. The van der Waals surface area contributed by atoms with Crippen molar-refractivity contribution in [3.05, 3.63) is 0 Å². The van der Waals surface area contributed by atoms with E-state index >= 15 is 0 Å². The topological polar surface area (TPSA) is 201 Å². The predicted molar refractivity (Wildman–Crippen MR) is 72.6 cm³/mol. The minimum atomic E-state index is -1.49. The number of hydrogen-bond acceptors (Lipinski definition) is 11. The molecule has 2 saturated heterocycles.